The lowest BCUT2D eigenvalue weighted by Crippen LogP contribution is -2.49. The van der Waals surface area contributed by atoms with E-state index in [-0.39, 0.29) is 35.8 Å². The van der Waals surface area contributed by atoms with E-state index in [9.17, 15) is 29.6 Å². The van der Waals surface area contributed by atoms with Gasteiger partial charge < -0.3 is 20.6 Å². The molecule has 0 radical (unpaired) electrons. The molecule has 1 aliphatic heterocycles. The van der Waals surface area contributed by atoms with E-state index in [0.717, 1.165) is 0 Å². The lowest BCUT2D eigenvalue weighted by Gasteiger charge is -2.37. The highest BCUT2D eigenvalue weighted by Gasteiger charge is 2.37. The number of carboxylic acids is 1. The molecule has 2 aromatic rings. The Balaban J connectivity index is 1.71. The quantitative estimate of drug-likeness (QED) is 0.203. The molecule has 1 heterocycles. The number of urea groups is 1. The molecule has 1 unspecified atom stereocenters. The van der Waals surface area contributed by atoms with Gasteiger partial charge in [-0.1, -0.05) is 24.3 Å². The number of hydrogen-bond acceptors (Lipinski definition) is 7. The molecule has 180 valence electrons. The average Bonchev–Trinajstić information content (AvgIpc) is 2.84. The highest BCUT2D eigenvalue weighted by Crippen LogP contribution is 2.35. The molecule has 1 aliphatic rings. The number of nitro groups is 1. The van der Waals surface area contributed by atoms with Gasteiger partial charge in [0.05, 0.1) is 34.7 Å². The third-order valence-corrected chi connectivity index (χ3v) is 5.52. The lowest BCUT2D eigenvalue weighted by atomic mass is 9.93. The molecular weight excluding hydrogens is 454 g/mol. The van der Waals surface area contributed by atoms with E-state index in [1.54, 1.807) is 24.3 Å². The molecule has 0 bridgehead atoms. The molecule has 0 fully saturated rings. The number of Topliss-reactive ketones (excluding diaryl/α,β-unsaturated/α-hetero) is 1. The number of nitrogens with zero attached hydrogens (tertiary/aromatic N) is 3. The van der Waals surface area contributed by atoms with Gasteiger partial charge in [-0.2, -0.15) is 5.26 Å². The van der Waals surface area contributed by atoms with E-state index in [0.29, 0.717) is 29.7 Å². The van der Waals surface area contributed by atoms with E-state index in [2.05, 4.69) is 10.6 Å². The van der Waals surface area contributed by atoms with Crippen molar-refractivity contribution >= 4 is 23.5 Å². The minimum Gasteiger partial charge on any atom is -0.478 e. The number of allylic oxidation sites excluding steroid dienone is 1. The monoisotopic (exact) mass is 477 g/mol. The van der Waals surface area contributed by atoms with Crippen molar-refractivity contribution in [3.05, 3.63) is 86.6 Å². The summed E-state index contributed by atoms with van der Waals surface area (Å²) >= 11 is 0. The van der Waals surface area contributed by atoms with Crippen LogP contribution < -0.4 is 10.6 Å². The van der Waals surface area contributed by atoms with Crippen LogP contribution in [0.2, 0.25) is 0 Å². The zero-order valence-electron chi connectivity index (χ0n) is 18.9. The molecule has 0 aromatic heterocycles. The maximum absolute atomic E-state index is 12.7. The predicted molar refractivity (Wildman–Crippen MR) is 124 cm³/mol. The fourth-order valence-corrected chi connectivity index (χ4v) is 3.88. The van der Waals surface area contributed by atoms with Crippen LogP contribution in [0.4, 0.5) is 10.5 Å². The Morgan fingerprint density at radius 2 is 2.00 bits per heavy atom. The second kappa shape index (κ2) is 11.0. The number of non-ortho nitro benzene ring substituents is 1. The standard InChI is InChI=1S/C24H23N5O6/c1-15-21(23(31)32)22(18-7-3-8-19(12-18)29(34)35)28(24(33)27-15)10-4-9-26-14-20(30)17-6-2-5-16(11-17)13-25/h2-3,5-8,11-12,22,26H,4,9-10,14H2,1H3,(H,27,33)(H,31,32). The minimum atomic E-state index is -1.24. The van der Waals surface area contributed by atoms with Gasteiger partial charge in [0, 0.05) is 29.9 Å². The molecule has 11 nitrogen and oxygen atoms in total. The Bertz CT molecular complexity index is 1250. The number of aliphatic carboxylic acids is 1. The van der Waals surface area contributed by atoms with Crippen LogP contribution in [0.15, 0.2) is 59.8 Å². The van der Waals surface area contributed by atoms with Crippen LogP contribution in [0.1, 0.15) is 40.9 Å². The van der Waals surface area contributed by atoms with Gasteiger partial charge in [-0.15, -0.1) is 0 Å². The molecule has 11 heteroatoms. The van der Waals surface area contributed by atoms with E-state index >= 15 is 0 Å². The molecule has 0 saturated carbocycles. The van der Waals surface area contributed by atoms with E-state index in [1.165, 1.54) is 36.1 Å². The van der Waals surface area contributed by atoms with Crippen molar-refractivity contribution in [1.29, 1.82) is 5.26 Å². The van der Waals surface area contributed by atoms with E-state index in [4.69, 9.17) is 5.26 Å². The van der Waals surface area contributed by atoms with Crippen LogP contribution in [-0.2, 0) is 4.79 Å². The van der Waals surface area contributed by atoms with Crippen LogP contribution >= 0.6 is 0 Å². The normalized spacial score (nSPS) is 15.4. The molecule has 2 amide bonds. The van der Waals surface area contributed by atoms with Crippen LogP contribution in [0.25, 0.3) is 0 Å². The van der Waals surface area contributed by atoms with Crippen LogP contribution in [0.5, 0.6) is 0 Å². The summed E-state index contributed by atoms with van der Waals surface area (Å²) in [6.07, 6.45) is 0.385. The van der Waals surface area contributed by atoms with Crippen molar-refractivity contribution in [2.75, 3.05) is 19.6 Å². The number of amides is 2. The average molecular weight is 477 g/mol. The maximum Gasteiger partial charge on any atom is 0.335 e. The molecule has 2 aromatic carbocycles. The Kier molecular flexibility index (Phi) is 7.91. The summed E-state index contributed by atoms with van der Waals surface area (Å²) in [6, 6.07) is 12.4. The molecule has 0 aliphatic carbocycles. The number of nitro benzene ring substituents is 1. The molecular formula is C24H23N5O6. The van der Waals surface area contributed by atoms with Crippen LogP contribution in [-0.4, -0.2) is 52.3 Å². The number of nitrogens with one attached hydrogen (secondary N) is 2. The van der Waals surface area contributed by atoms with Gasteiger partial charge >= 0.3 is 12.0 Å². The largest absolute Gasteiger partial charge is 0.478 e. The second-order valence-electron chi connectivity index (χ2n) is 7.87. The Hall–Kier alpha value is -4.56. The van der Waals surface area contributed by atoms with Gasteiger partial charge in [-0.05, 0) is 37.6 Å². The number of ketones is 1. The second-order valence-corrected chi connectivity index (χ2v) is 7.87. The fraction of sp³-hybridized carbons (Fsp3) is 0.250. The first kappa shape index (κ1) is 25.1. The number of carboxylic acid groups (broad SMARTS) is 1. The van der Waals surface area contributed by atoms with Crippen molar-refractivity contribution < 1.29 is 24.4 Å². The number of benzene rings is 2. The Morgan fingerprint density at radius 3 is 2.69 bits per heavy atom. The first-order valence-electron chi connectivity index (χ1n) is 10.7. The zero-order chi connectivity index (χ0) is 25.5. The number of carbonyl (C=O) groups excluding carboxylic acids is 2. The molecule has 35 heavy (non-hydrogen) atoms. The highest BCUT2D eigenvalue weighted by molar-refractivity contribution is 5.98. The SMILES string of the molecule is CC1=C(C(=O)O)C(c2cccc([N+](=O)[O-])c2)N(CCCNCC(=O)c2cccc(C#N)c2)C(=O)N1. The van der Waals surface area contributed by atoms with Gasteiger partial charge in [0.2, 0.25) is 0 Å². The molecule has 0 saturated heterocycles. The van der Waals surface area contributed by atoms with Gasteiger partial charge in [0.1, 0.15) is 0 Å². The fourth-order valence-electron chi connectivity index (χ4n) is 3.88. The molecule has 1 atom stereocenters. The summed E-state index contributed by atoms with van der Waals surface area (Å²) in [4.78, 5) is 49.1. The van der Waals surface area contributed by atoms with Crippen molar-refractivity contribution in [1.82, 2.24) is 15.5 Å². The van der Waals surface area contributed by atoms with Crippen molar-refractivity contribution in [2.24, 2.45) is 0 Å². The van der Waals surface area contributed by atoms with Gasteiger partial charge in [-0.25, -0.2) is 9.59 Å². The van der Waals surface area contributed by atoms with Crippen molar-refractivity contribution in [3.8, 4) is 6.07 Å². The topological polar surface area (TPSA) is 166 Å². The summed E-state index contributed by atoms with van der Waals surface area (Å²) in [5.74, 6) is -1.44. The Labute approximate surface area is 200 Å². The lowest BCUT2D eigenvalue weighted by molar-refractivity contribution is -0.384. The van der Waals surface area contributed by atoms with Gasteiger partial charge in [0.15, 0.2) is 5.78 Å². The number of rotatable bonds is 10. The van der Waals surface area contributed by atoms with E-state index < -0.39 is 23.0 Å². The third kappa shape index (κ3) is 5.87. The van der Waals surface area contributed by atoms with Crippen molar-refractivity contribution in [2.45, 2.75) is 19.4 Å². The summed E-state index contributed by atoms with van der Waals surface area (Å²) in [5, 5.41) is 35.5. The molecule has 3 N–H and O–H groups in total. The number of hydrogen-bond donors (Lipinski definition) is 3. The Morgan fingerprint density at radius 1 is 1.26 bits per heavy atom. The van der Waals surface area contributed by atoms with E-state index in [1.807, 2.05) is 6.07 Å². The number of carbonyl (C=O) groups is 3. The van der Waals surface area contributed by atoms with Crippen molar-refractivity contribution in [3.63, 3.8) is 0 Å². The third-order valence-electron chi connectivity index (χ3n) is 5.52. The summed E-state index contributed by atoms with van der Waals surface area (Å²) in [6.45, 7) is 1.97. The predicted octanol–water partition coefficient (Wildman–Crippen LogP) is 2.75. The highest BCUT2D eigenvalue weighted by atomic mass is 16.6. The zero-order valence-corrected chi connectivity index (χ0v) is 18.9. The van der Waals surface area contributed by atoms with Crippen LogP contribution in [0, 0.1) is 21.4 Å². The van der Waals surface area contributed by atoms with Gasteiger partial charge in [-0.3, -0.25) is 14.9 Å². The summed E-state index contributed by atoms with van der Waals surface area (Å²) < 4.78 is 0. The maximum atomic E-state index is 12.7. The van der Waals surface area contributed by atoms with Crippen LogP contribution in [0.3, 0.4) is 0 Å². The number of nitriles is 1. The molecule has 3 rings (SSSR count). The summed E-state index contributed by atoms with van der Waals surface area (Å²) in [7, 11) is 0. The molecule has 0 spiro atoms. The first-order chi connectivity index (χ1) is 16.7. The summed E-state index contributed by atoms with van der Waals surface area (Å²) in [5.41, 5.74) is 0.980. The smallest absolute Gasteiger partial charge is 0.335 e. The first-order valence-corrected chi connectivity index (χ1v) is 10.7. The minimum absolute atomic E-state index is 0.0226. The van der Waals surface area contributed by atoms with Gasteiger partial charge in [0.25, 0.3) is 5.69 Å².